The number of hydrogen-bond donors (Lipinski definition) is 0. The van der Waals surface area contributed by atoms with Gasteiger partial charge in [0.25, 0.3) is 0 Å². The van der Waals surface area contributed by atoms with Gasteiger partial charge in [0.15, 0.2) is 0 Å². The Labute approximate surface area is 27.8 Å². The number of rotatable bonds is 0. The van der Waals surface area contributed by atoms with Gasteiger partial charge in [-0.3, -0.25) is 0 Å². The minimum atomic E-state index is 0.414. The van der Waals surface area contributed by atoms with Gasteiger partial charge in [-0.15, -0.1) is 0 Å². The maximum absolute atomic E-state index is 10.5. The highest BCUT2D eigenvalue weighted by atomic mass is 28.1. The van der Waals surface area contributed by atoms with E-state index in [0.29, 0.717) is 6.33 Å². The van der Waals surface area contributed by atoms with Crippen LogP contribution in [0.3, 0.4) is 0 Å². The summed E-state index contributed by atoms with van der Waals surface area (Å²) in [5.41, 5.74) is 1.14. The molecule has 0 atom stereocenters. The largest absolute Gasteiger partial charge is 0.216 e. The molecule has 0 nitrogen and oxygen atoms in total. The Hall–Kier alpha value is -0.113. The first-order chi connectivity index (χ1) is 1.91. The van der Waals surface area contributed by atoms with Crippen LogP contribution in [0, 0.1) is 0 Å². The minimum Gasteiger partial charge on any atom is -0.216 e. The molecule has 21 valence electrons. The van der Waals surface area contributed by atoms with Crippen molar-refractivity contribution in [1.29, 1.82) is 0 Å². The molecule has 0 aliphatic carbocycles. The summed E-state index contributed by atoms with van der Waals surface area (Å²) < 4.78 is 10.5. The van der Waals surface area contributed by atoms with Crippen LogP contribution in [-0.2, 0) is 0 Å². The van der Waals surface area contributed by atoms with Crippen LogP contribution in [0.25, 0.3) is 0 Å². The van der Waals surface area contributed by atoms with Crippen molar-refractivity contribution in [2.75, 3.05) is 0 Å². The van der Waals surface area contributed by atoms with Crippen molar-refractivity contribution < 1.29 is 4.39 Å². The summed E-state index contributed by atoms with van der Waals surface area (Å²) in [7, 11) is 2.73. The summed E-state index contributed by atoms with van der Waals surface area (Å²) in [6, 6.07) is 0. The summed E-state index contributed by atoms with van der Waals surface area (Å²) in [6.07, 6.45) is 0.414. The van der Waals surface area contributed by atoms with Crippen LogP contribution in [0.4, 0.5) is 4.39 Å². The van der Waals surface area contributed by atoms with Crippen LogP contribution >= 0.6 is 0 Å². The molecule has 0 aliphatic heterocycles. The number of hydrogen-bond acceptors (Lipinski definition) is 0. The van der Waals surface area contributed by atoms with E-state index in [4.69, 9.17) is 0 Å². The fourth-order valence-electron chi connectivity index (χ4n) is 0. The first kappa shape index (κ1) is 3.89. The SMILES string of the molecule is FC=C[Si]. The van der Waals surface area contributed by atoms with Gasteiger partial charge in [-0.2, -0.15) is 0 Å². The molecule has 0 fully saturated rings. The average Bonchev–Trinajstić information content (AvgIpc) is 1.37. The van der Waals surface area contributed by atoms with Crippen LogP contribution < -0.4 is 0 Å². The van der Waals surface area contributed by atoms with Gasteiger partial charge in [0.2, 0.25) is 0 Å². The molecule has 0 bridgehead atoms. The van der Waals surface area contributed by atoms with Crippen molar-refractivity contribution in [3.05, 3.63) is 12.0 Å². The molecule has 0 saturated heterocycles. The zero-order chi connectivity index (χ0) is 3.41. The first-order valence-corrected chi connectivity index (χ1v) is 1.42. The van der Waals surface area contributed by atoms with E-state index in [9.17, 15) is 4.39 Å². The van der Waals surface area contributed by atoms with Crippen LogP contribution in [-0.4, -0.2) is 10.2 Å². The minimum absolute atomic E-state index is 0.414. The topological polar surface area (TPSA) is 0 Å². The van der Waals surface area contributed by atoms with E-state index in [-0.39, 0.29) is 0 Å². The molecule has 0 unspecified atom stereocenters. The maximum atomic E-state index is 10.5. The van der Waals surface area contributed by atoms with E-state index >= 15 is 0 Å². The van der Waals surface area contributed by atoms with E-state index in [1.165, 1.54) is 0 Å². The van der Waals surface area contributed by atoms with E-state index < -0.39 is 0 Å². The van der Waals surface area contributed by atoms with E-state index in [1.54, 1.807) is 0 Å². The zero-order valence-corrected chi connectivity index (χ0v) is 3.03. The Morgan fingerprint density at radius 2 is 2.00 bits per heavy atom. The molecular formula is C2H2FSi. The first-order valence-electron chi connectivity index (χ1n) is 0.840. The fraction of sp³-hybridized carbons (Fsp3) is 0. The molecule has 3 radical (unpaired) electrons. The Morgan fingerprint density at radius 3 is 2.00 bits per heavy atom. The standard InChI is InChI=1S/C2H2FSi/c3-1-2-4/h1-2H. The Bertz CT molecular complexity index is 21.2. The molecule has 0 spiro atoms. The van der Waals surface area contributed by atoms with Crippen LogP contribution in [0.1, 0.15) is 0 Å². The third kappa shape index (κ3) is 1.89. The lowest BCUT2D eigenvalue weighted by molar-refractivity contribution is 0.723. The van der Waals surface area contributed by atoms with Gasteiger partial charge in [-0.1, -0.05) is 5.70 Å². The van der Waals surface area contributed by atoms with E-state index in [1.807, 2.05) is 0 Å². The molecule has 0 aliphatic rings. The Kier molecular flexibility index (Phi) is 2.81. The van der Waals surface area contributed by atoms with Crippen molar-refractivity contribution in [2.24, 2.45) is 0 Å². The molecule has 0 heterocycles. The lowest BCUT2D eigenvalue weighted by Crippen LogP contribution is -1.37. The average molecular weight is 73.1 g/mol. The highest BCUT2D eigenvalue weighted by Crippen LogP contribution is 1.57. The zero-order valence-electron chi connectivity index (χ0n) is 2.03. The summed E-state index contributed by atoms with van der Waals surface area (Å²) in [5.74, 6) is 0. The lowest BCUT2D eigenvalue weighted by Gasteiger charge is -1.44. The van der Waals surface area contributed by atoms with Crippen molar-refractivity contribution >= 4 is 10.2 Å². The van der Waals surface area contributed by atoms with Crippen molar-refractivity contribution in [1.82, 2.24) is 0 Å². The number of halogens is 1. The van der Waals surface area contributed by atoms with Crippen molar-refractivity contribution in [3.63, 3.8) is 0 Å². The molecule has 2 heteroatoms. The highest BCUT2D eigenvalue weighted by Gasteiger charge is 1.40. The molecule has 0 N–H and O–H groups in total. The van der Waals surface area contributed by atoms with Crippen LogP contribution in [0.2, 0.25) is 0 Å². The fourth-order valence-corrected chi connectivity index (χ4v) is 0. The van der Waals surface area contributed by atoms with E-state index in [0.717, 1.165) is 5.70 Å². The monoisotopic (exact) mass is 73.0 g/mol. The Morgan fingerprint density at radius 1 is 1.75 bits per heavy atom. The second-order valence-electron chi connectivity index (χ2n) is 0.293. The van der Waals surface area contributed by atoms with Gasteiger partial charge in [0.05, 0.1) is 16.6 Å². The lowest BCUT2D eigenvalue weighted by atomic mass is 11.2. The molecule has 0 aromatic carbocycles. The molecular weight excluding hydrogens is 71.1 g/mol. The molecule has 0 aromatic rings. The predicted molar refractivity (Wildman–Crippen MR) is 16.0 cm³/mol. The maximum Gasteiger partial charge on any atom is 0.0781 e. The van der Waals surface area contributed by atoms with Gasteiger partial charge < -0.3 is 0 Å². The van der Waals surface area contributed by atoms with Gasteiger partial charge in [-0.25, -0.2) is 4.39 Å². The third-order valence-electron chi connectivity index (χ3n) is 0.0630. The summed E-state index contributed by atoms with van der Waals surface area (Å²) in [4.78, 5) is 0. The van der Waals surface area contributed by atoms with Gasteiger partial charge in [0, 0.05) is 0 Å². The van der Waals surface area contributed by atoms with Gasteiger partial charge in [0.1, 0.15) is 0 Å². The highest BCUT2D eigenvalue weighted by molar-refractivity contribution is 6.16. The third-order valence-corrected chi connectivity index (χ3v) is 0.189. The van der Waals surface area contributed by atoms with Crippen LogP contribution in [0.5, 0.6) is 0 Å². The molecule has 0 aromatic heterocycles. The smallest absolute Gasteiger partial charge is 0.0781 e. The van der Waals surface area contributed by atoms with Crippen LogP contribution in [0.15, 0.2) is 12.0 Å². The molecule has 4 heavy (non-hydrogen) atoms. The van der Waals surface area contributed by atoms with Gasteiger partial charge in [-0.05, 0) is 0 Å². The molecule has 0 amide bonds. The summed E-state index contributed by atoms with van der Waals surface area (Å²) in [5, 5.41) is 0. The summed E-state index contributed by atoms with van der Waals surface area (Å²) >= 11 is 0. The molecule has 0 rings (SSSR count). The van der Waals surface area contributed by atoms with Crippen molar-refractivity contribution in [3.8, 4) is 0 Å². The quantitative estimate of drug-likeness (QED) is 0.368. The normalized spacial score (nSPS) is 9.50. The van der Waals surface area contributed by atoms with E-state index in [2.05, 4.69) is 10.2 Å². The summed E-state index contributed by atoms with van der Waals surface area (Å²) in [6.45, 7) is 0. The van der Waals surface area contributed by atoms with Gasteiger partial charge >= 0.3 is 0 Å². The van der Waals surface area contributed by atoms with Crippen molar-refractivity contribution in [2.45, 2.75) is 0 Å². The second-order valence-corrected chi connectivity index (χ2v) is 0.626. The Balaban J connectivity index is 2.55. The molecule has 0 saturated carbocycles. The predicted octanol–water partition coefficient (Wildman–Crippen LogP) is 0.596. The second kappa shape index (κ2) is 2.89.